The first-order valence-corrected chi connectivity index (χ1v) is 12.2. The van der Waals surface area contributed by atoms with Gasteiger partial charge in [0.25, 0.3) is 5.69 Å². The molecule has 3 saturated heterocycles. The van der Waals surface area contributed by atoms with Crippen molar-refractivity contribution in [2.24, 2.45) is 11.3 Å². The maximum Gasteiger partial charge on any atom is 0.269 e. The van der Waals surface area contributed by atoms with E-state index in [0.29, 0.717) is 11.6 Å². The maximum atomic E-state index is 13.3. The SMILES string of the molecule is Nc1cncc(N2CCC3(CCN(CC4CCN(c5ccc([N+](=O)[O-])cc5)CC4)CC3)C2=O)c1. The van der Waals surface area contributed by atoms with Crippen LogP contribution in [0.1, 0.15) is 32.1 Å². The summed E-state index contributed by atoms with van der Waals surface area (Å²) in [7, 11) is 0. The van der Waals surface area contributed by atoms with Gasteiger partial charge in [0.15, 0.2) is 0 Å². The molecule has 34 heavy (non-hydrogen) atoms. The van der Waals surface area contributed by atoms with Gasteiger partial charge in [-0.25, -0.2) is 0 Å². The number of nitro benzene ring substituents is 1. The molecule has 0 atom stereocenters. The highest BCUT2D eigenvalue weighted by atomic mass is 16.6. The number of hydrogen-bond acceptors (Lipinski definition) is 7. The molecule has 1 amide bonds. The van der Waals surface area contributed by atoms with E-state index < -0.39 is 0 Å². The number of amides is 1. The lowest BCUT2D eigenvalue weighted by Gasteiger charge is -2.41. The minimum absolute atomic E-state index is 0.134. The van der Waals surface area contributed by atoms with Crippen molar-refractivity contribution in [3.8, 4) is 0 Å². The van der Waals surface area contributed by atoms with Crippen LogP contribution in [0.15, 0.2) is 42.7 Å². The molecule has 9 nitrogen and oxygen atoms in total. The summed E-state index contributed by atoms with van der Waals surface area (Å²) in [6.07, 6.45) is 8.31. The van der Waals surface area contributed by atoms with E-state index in [2.05, 4.69) is 14.8 Å². The number of nitrogens with zero attached hydrogens (tertiary/aromatic N) is 5. The molecule has 180 valence electrons. The van der Waals surface area contributed by atoms with Crippen molar-refractivity contribution in [2.45, 2.75) is 32.1 Å². The van der Waals surface area contributed by atoms with Gasteiger partial charge in [0.2, 0.25) is 5.91 Å². The van der Waals surface area contributed by atoms with Gasteiger partial charge in [0, 0.05) is 50.2 Å². The molecule has 1 aromatic heterocycles. The third-order valence-corrected chi connectivity index (χ3v) is 7.94. The van der Waals surface area contributed by atoms with Crippen molar-refractivity contribution < 1.29 is 9.72 Å². The van der Waals surface area contributed by atoms with Gasteiger partial charge in [0.1, 0.15) is 0 Å². The number of nitro groups is 1. The first-order chi connectivity index (χ1) is 16.4. The highest BCUT2D eigenvalue weighted by Crippen LogP contribution is 2.43. The van der Waals surface area contributed by atoms with Crippen LogP contribution < -0.4 is 15.5 Å². The molecule has 1 aromatic carbocycles. The summed E-state index contributed by atoms with van der Waals surface area (Å²) in [6, 6.07) is 8.70. The molecule has 2 N–H and O–H groups in total. The Morgan fingerprint density at radius 1 is 1.00 bits per heavy atom. The van der Waals surface area contributed by atoms with E-state index in [1.807, 2.05) is 23.1 Å². The minimum Gasteiger partial charge on any atom is -0.397 e. The summed E-state index contributed by atoms with van der Waals surface area (Å²) in [5.41, 5.74) is 8.22. The molecule has 9 heteroatoms. The molecule has 0 saturated carbocycles. The molecule has 2 aromatic rings. The Morgan fingerprint density at radius 3 is 2.32 bits per heavy atom. The lowest BCUT2D eigenvalue weighted by Crippen LogP contribution is -2.47. The average Bonchev–Trinajstić information content (AvgIpc) is 3.17. The number of piperidine rings is 2. The number of pyridine rings is 1. The summed E-state index contributed by atoms with van der Waals surface area (Å²) >= 11 is 0. The second-order valence-electron chi connectivity index (χ2n) is 9.97. The van der Waals surface area contributed by atoms with Gasteiger partial charge in [-0.1, -0.05) is 0 Å². The van der Waals surface area contributed by atoms with E-state index in [0.717, 1.165) is 82.7 Å². The average molecular weight is 465 g/mol. The quantitative estimate of drug-likeness (QED) is 0.534. The third-order valence-electron chi connectivity index (χ3n) is 7.94. The highest BCUT2D eigenvalue weighted by Gasteiger charge is 2.48. The Balaban J connectivity index is 1.10. The highest BCUT2D eigenvalue weighted by molar-refractivity contribution is 6.00. The lowest BCUT2D eigenvalue weighted by atomic mass is 9.77. The van der Waals surface area contributed by atoms with E-state index in [-0.39, 0.29) is 21.9 Å². The predicted octanol–water partition coefficient (Wildman–Crippen LogP) is 3.31. The van der Waals surface area contributed by atoms with Crippen LogP contribution >= 0.6 is 0 Å². The molecule has 1 spiro atoms. The number of nitrogens with two attached hydrogens (primary N) is 1. The second kappa shape index (κ2) is 9.21. The number of hydrogen-bond donors (Lipinski definition) is 1. The number of carbonyl (C=O) groups excluding carboxylic acids is 1. The Labute approximate surface area is 199 Å². The second-order valence-corrected chi connectivity index (χ2v) is 9.97. The van der Waals surface area contributed by atoms with Crippen LogP contribution in [-0.2, 0) is 4.79 Å². The van der Waals surface area contributed by atoms with Crippen molar-refractivity contribution in [1.29, 1.82) is 0 Å². The molecule has 3 fully saturated rings. The lowest BCUT2D eigenvalue weighted by molar-refractivity contribution is -0.384. The predicted molar refractivity (Wildman–Crippen MR) is 132 cm³/mol. The zero-order valence-electron chi connectivity index (χ0n) is 19.4. The van der Waals surface area contributed by atoms with Crippen LogP contribution in [0, 0.1) is 21.4 Å². The summed E-state index contributed by atoms with van der Waals surface area (Å²) in [5, 5.41) is 10.9. The number of benzene rings is 1. The van der Waals surface area contributed by atoms with Crippen molar-refractivity contribution in [2.75, 3.05) is 54.8 Å². The Bertz CT molecular complexity index is 1040. The van der Waals surface area contributed by atoms with Gasteiger partial charge in [0.05, 0.1) is 27.9 Å². The molecule has 0 aliphatic carbocycles. The summed E-state index contributed by atoms with van der Waals surface area (Å²) in [5.74, 6) is 0.883. The molecular formula is C25H32N6O3. The summed E-state index contributed by atoms with van der Waals surface area (Å²) in [4.78, 5) is 34.7. The fourth-order valence-corrected chi connectivity index (χ4v) is 5.81. The van der Waals surface area contributed by atoms with E-state index in [1.165, 1.54) is 0 Å². The first-order valence-electron chi connectivity index (χ1n) is 12.2. The number of non-ortho nitro benzene ring substituents is 1. The first kappa shape index (κ1) is 22.6. The largest absolute Gasteiger partial charge is 0.397 e. The van der Waals surface area contributed by atoms with Gasteiger partial charge in [-0.05, 0) is 69.3 Å². The van der Waals surface area contributed by atoms with Gasteiger partial charge >= 0.3 is 0 Å². The van der Waals surface area contributed by atoms with Gasteiger partial charge in [-0.15, -0.1) is 0 Å². The number of carbonyl (C=O) groups is 1. The molecule has 0 bridgehead atoms. The minimum atomic E-state index is -0.357. The van der Waals surface area contributed by atoms with E-state index in [4.69, 9.17) is 5.73 Å². The zero-order valence-corrected chi connectivity index (χ0v) is 19.4. The molecular weight excluding hydrogens is 432 g/mol. The maximum absolute atomic E-state index is 13.3. The van der Waals surface area contributed by atoms with E-state index in [1.54, 1.807) is 24.5 Å². The number of nitrogen functional groups attached to an aromatic ring is 1. The van der Waals surface area contributed by atoms with Crippen LogP contribution in [0.3, 0.4) is 0 Å². The fourth-order valence-electron chi connectivity index (χ4n) is 5.81. The standard InChI is InChI=1S/C25H32N6O3/c26-20-15-23(17-27-16-20)30-14-9-25(24(30)32)7-12-28(13-8-25)18-19-5-10-29(11-6-19)21-1-3-22(4-2-21)31(33)34/h1-4,15-17,19H,5-14,18,26H2. The van der Waals surface area contributed by atoms with Gasteiger partial charge < -0.3 is 20.4 Å². The van der Waals surface area contributed by atoms with Crippen LogP contribution in [-0.4, -0.2) is 60.0 Å². The summed E-state index contributed by atoms with van der Waals surface area (Å²) in [6.45, 7) is 5.71. The number of aromatic nitrogens is 1. The molecule has 0 radical (unpaired) electrons. The van der Waals surface area contributed by atoms with Gasteiger partial charge in [-0.2, -0.15) is 0 Å². The van der Waals surface area contributed by atoms with Crippen molar-refractivity contribution in [3.63, 3.8) is 0 Å². The van der Waals surface area contributed by atoms with Crippen molar-refractivity contribution in [3.05, 3.63) is 52.8 Å². The molecule has 3 aliphatic heterocycles. The molecule has 0 unspecified atom stereocenters. The number of rotatable bonds is 5. The Hall–Kier alpha value is -3.20. The number of anilines is 3. The number of likely N-dealkylation sites (tertiary alicyclic amines) is 1. The van der Waals surface area contributed by atoms with Crippen molar-refractivity contribution >= 4 is 28.7 Å². The van der Waals surface area contributed by atoms with Crippen LogP contribution in [0.2, 0.25) is 0 Å². The van der Waals surface area contributed by atoms with Crippen LogP contribution in [0.4, 0.5) is 22.7 Å². The zero-order chi connectivity index (χ0) is 23.7. The molecule has 5 rings (SSSR count). The van der Waals surface area contributed by atoms with E-state index in [9.17, 15) is 14.9 Å². The normalized spacial score (nSPS) is 21.4. The topological polar surface area (TPSA) is 109 Å². The van der Waals surface area contributed by atoms with Crippen LogP contribution in [0.5, 0.6) is 0 Å². The van der Waals surface area contributed by atoms with Gasteiger partial charge in [-0.3, -0.25) is 19.9 Å². The monoisotopic (exact) mass is 464 g/mol. The third kappa shape index (κ3) is 4.44. The summed E-state index contributed by atoms with van der Waals surface area (Å²) < 4.78 is 0. The smallest absolute Gasteiger partial charge is 0.269 e. The molecule has 3 aliphatic rings. The van der Waals surface area contributed by atoms with Crippen molar-refractivity contribution in [1.82, 2.24) is 9.88 Å². The fraction of sp³-hybridized carbons (Fsp3) is 0.520. The Kier molecular flexibility index (Phi) is 6.12. The van der Waals surface area contributed by atoms with Crippen LogP contribution in [0.25, 0.3) is 0 Å². The van der Waals surface area contributed by atoms with E-state index >= 15 is 0 Å². The molecule has 4 heterocycles. The Morgan fingerprint density at radius 2 is 1.68 bits per heavy atom.